The van der Waals surface area contributed by atoms with Crippen molar-refractivity contribution in [1.82, 2.24) is 5.32 Å². The number of rotatable bonds is 5. The number of oxime groups is 1. The molecular formula is C13H23N3O3. The normalized spacial score (nSPS) is 33.2. The van der Waals surface area contributed by atoms with Crippen LogP contribution in [0.4, 0.5) is 0 Å². The summed E-state index contributed by atoms with van der Waals surface area (Å²) < 4.78 is 5.47. The molecule has 2 aliphatic rings. The van der Waals surface area contributed by atoms with E-state index in [0.717, 1.165) is 19.3 Å². The predicted octanol–water partition coefficient (Wildman–Crippen LogP) is 0.834. The minimum atomic E-state index is -0.827. The SMILES string of the molecule is COC1(CNC(=O)C2(C(N)=NO)CC(C)C2)CCC1. The van der Waals surface area contributed by atoms with Crippen molar-refractivity contribution in [3.05, 3.63) is 0 Å². The van der Waals surface area contributed by atoms with Gasteiger partial charge in [0, 0.05) is 13.7 Å². The lowest BCUT2D eigenvalue weighted by Gasteiger charge is -2.45. The monoisotopic (exact) mass is 269 g/mol. The average molecular weight is 269 g/mol. The molecule has 0 spiro atoms. The van der Waals surface area contributed by atoms with Crippen LogP contribution in [0.3, 0.4) is 0 Å². The minimum absolute atomic E-state index is 0.0168. The molecule has 6 heteroatoms. The Morgan fingerprint density at radius 3 is 2.53 bits per heavy atom. The smallest absolute Gasteiger partial charge is 0.234 e. The van der Waals surface area contributed by atoms with Crippen molar-refractivity contribution in [2.75, 3.05) is 13.7 Å². The molecule has 2 fully saturated rings. The van der Waals surface area contributed by atoms with Gasteiger partial charge in [-0.05, 0) is 38.0 Å². The van der Waals surface area contributed by atoms with Crippen molar-refractivity contribution in [2.24, 2.45) is 22.2 Å². The van der Waals surface area contributed by atoms with Crippen LogP contribution in [0.5, 0.6) is 0 Å². The quantitative estimate of drug-likeness (QED) is 0.298. The number of nitrogens with one attached hydrogen (secondary N) is 1. The summed E-state index contributed by atoms with van der Waals surface area (Å²) in [5.74, 6) is 0.290. The molecule has 0 aromatic rings. The number of hydrogen-bond donors (Lipinski definition) is 3. The molecule has 19 heavy (non-hydrogen) atoms. The van der Waals surface area contributed by atoms with Gasteiger partial charge >= 0.3 is 0 Å². The minimum Gasteiger partial charge on any atom is -0.409 e. The highest BCUT2D eigenvalue weighted by atomic mass is 16.5. The van der Waals surface area contributed by atoms with Crippen LogP contribution in [0.25, 0.3) is 0 Å². The first-order valence-corrected chi connectivity index (χ1v) is 6.79. The zero-order valence-electron chi connectivity index (χ0n) is 11.6. The fourth-order valence-corrected chi connectivity index (χ4v) is 3.17. The second-order valence-corrected chi connectivity index (χ2v) is 6.00. The molecule has 6 nitrogen and oxygen atoms in total. The number of hydrogen-bond acceptors (Lipinski definition) is 4. The number of ether oxygens (including phenoxy) is 1. The summed E-state index contributed by atoms with van der Waals surface area (Å²) in [5.41, 5.74) is 4.67. The number of nitrogens with two attached hydrogens (primary N) is 1. The highest BCUT2D eigenvalue weighted by Gasteiger charge is 2.52. The topological polar surface area (TPSA) is 96.9 Å². The number of amides is 1. The highest BCUT2D eigenvalue weighted by molar-refractivity contribution is 6.07. The molecule has 2 saturated carbocycles. The Labute approximate surface area is 113 Å². The largest absolute Gasteiger partial charge is 0.409 e. The van der Waals surface area contributed by atoms with Gasteiger partial charge < -0.3 is 21.0 Å². The van der Waals surface area contributed by atoms with E-state index in [1.54, 1.807) is 7.11 Å². The Bertz CT molecular complexity index is 379. The van der Waals surface area contributed by atoms with E-state index in [1.807, 2.05) is 0 Å². The molecule has 4 N–H and O–H groups in total. The molecule has 0 aromatic heterocycles. The Hall–Kier alpha value is -1.30. The lowest BCUT2D eigenvalue weighted by molar-refractivity contribution is -0.136. The molecule has 0 radical (unpaired) electrons. The Morgan fingerprint density at radius 2 is 2.16 bits per heavy atom. The zero-order valence-corrected chi connectivity index (χ0v) is 11.6. The molecule has 2 rings (SSSR count). The van der Waals surface area contributed by atoms with E-state index in [4.69, 9.17) is 15.7 Å². The molecular weight excluding hydrogens is 246 g/mol. The lowest BCUT2D eigenvalue weighted by Crippen LogP contribution is -2.59. The second kappa shape index (κ2) is 5.00. The summed E-state index contributed by atoms with van der Waals surface area (Å²) in [5, 5.41) is 14.8. The van der Waals surface area contributed by atoms with Crippen LogP contribution in [-0.2, 0) is 9.53 Å². The number of nitrogens with zero attached hydrogens (tertiary/aromatic N) is 1. The van der Waals surface area contributed by atoms with Gasteiger partial charge in [0.15, 0.2) is 5.84 Å². The molecule has 0 aliphatic heterocycles. The van der Waals surface area contributed by atoms with Gasteiger partial charge in [-0.3, -0.25) is 4.79 Å². The van der Waals surface area contributed by atoms with Crippen molar-refractivity contribution < 1.29 is 14.7 Å². The molecule has 2 aliphatic carbocycles. The Kier molecular flexibility index (Phi) is 3.71. The molecule has 0 aromatic carbocycles. The van der Waals surface area contributed by atoms with Crippen LogP contribution in [0.1, 0.15) is 39.0 Å². The second-order valence-electron chi connectivity index (χ2n) is 6.00. The van der Waals surface area contributed by atoms with E-state index in [2.05, 4.69) is 17.4 Å². The van der Waals surface area contributed by atoms with E-state index in [0.29, 0.717) is 25.3 Å². The molecule has 108 valence electrons. The lowest BCUT2D eigenvalue weighted by atomic mass is 9.61. The fourth-order valence-electron chi connectivity index (χ4n) is 3.17. The number of carbonyl (C=O) groups is 1. The van der Waals surface area contributed by atoms with Crippen LogP contribution in [0.15, 0.2) is 5.16 Å². The summed E-state index contributed by atoms with van der Waals surface area (Å²) in [4.78, 5) is 12.4. The van der Waals surface area contributed by atoms with Gasteiger partial charge in [-0.1, -0.05) is 12.1 Å². The fraction of sp³-hybridized carbons (Fsp3) is 0.846. The first-order chi connectivity index (χ1) is 8.98. The van der Waals surface area contributed by atoms with Crippen molar-refractivity contribution in [2.45, 2.75) is 44.6 Å². The van der Waals surface area contributed by atoms with E-state index < -0.39 is 5.41 Å². The van der Waals surface area contributed by atoms with E-state index in [-0.39, 0.29) is 17.3 Å². The number of amidine groups is 1. The molecule has 0 saturated heterocycles. The third-order valence-corrected chi connectivity index (χ3v) is 4.70. The van der Waals surface area contributed by atoms with Crippen LogP contribution < -0.4 is 11.1 Å². The maximum Gasteiger partial charge on any atom is 0.234 e. The maximum atomic E-state index is 12.4. The maximum absolute atomic E-state index is 12.4. The molecule has 1 amide bonds. The number of methoxy groups -OCH3 is 1. The summed E-state index contributed by atoms with van der Waals surface area (Å²) >= 11 is 0. The third kappa shape index (κ3) is 2.29. The van der Waals surface area contributed by atoms with E-state index in [1.165, 1.54) is 0 Å². The standard InChI is InChI=1S/C13H23N3O3/c1-9-6-13(7-9,10(14)16-18)11(17)15-8-12(19-2)4-3-5-12/h9,18H,3-8H2,1-2H3,(H2,14,16)(H,15,17). The Balaban J connectivity index is 1.98. The van der Waals surface area contributed by atoms with Crippen molar-refractivity contribution >= 4 is 11.7 Å². The van der Waals surface area contributed by atoms with Gasteiger partial charge in [0.2, 0.25) is 5.91 Å². The van der Waals surface area contributed by atoms with Gasteiger partial charge in [-0.25, -0.2) is 0 Å². The number of carbonyl (C=O) groups excluding carboxylic acids is 1. The van der Waals surface area contributed by atoms with Gasteiger partial charge in [-0.15, -0.1) is 0 Å². The van der Waals surface area contributed by atoms with Gasteiger partial charge in [0.25, 0.3) is 0 Å². The van der Waals surface area contributed by atoms with Crippen molar-refractivity contribution in [1.29, 1.82) is 0 Å². The van der Waals surface area contributed by atoms with Crippen LogP contribution in [-0.4, -0.2) is 36.2 Å². The van der Waals surface area contributed by atoms with Gasteiger partial charge in [0.05, 0.1) is 5.60 Å². The summed E-state index contributed by atoms with van der Waals surface area (Å²) in [6.07, 6.45) is 4.34. The summed E-state index contributed by atoms with van der Waals surface area (Å²) in [6, 6.07) is 0. The molecule has 0 atom stereocenters. The van der Waals surface area contributed by atoms with E-state index >= 15 is 0 Å². The van der Waals surface area contributed by atoms with Gasteiger partial charge in [-0.2, -0.15) is 0 Å². The third-order valence-electron chi connectivity index (χ3n) is 4.70. The summed E-state index contributed by atoms with van der Waals surface area (Å²) in [7, 11) is 1.68. The first kappa shape index (κ1) is 14.1. The summed E-state index contributed by atoms with van der Waals surface area (Å²) in [6.45, 7) is 2.55. The molecule has 0 heterocycles. The van der Waals surface area contributed by atoms with Crippen molar-refractivity contribution in [3.8, 4) is 0 Å². The first-order valence-electron chi connectivity index (χ1n) is 6.79. The predicted molar refractivity (Wildman–Crippen MR) is 70.8 cm³/mol. The van der Waals surface area contributed by atoms with Crippen LogP contribution in [0.2, 0.25) is 0 Å². The van der Waals surface area contributed by atoms with E-state index in [9.17, 15) is 4.79 Å². The Morgan fingerprint density at radius 1 is 1.53 bits per heavy atom. The molecule has 0 unspecified atom stereocenters. The van der Waals surface area contributed by atoms with Crippen LogP contribution in [0, 0.1) is 11.3 Å². The van der Waals surface area contributed by atoms with Gasteiger partial charge in [0.1, 0.15) is 5.41 Å². The van der Waals surface area contributed by atoms with Crippen molar-refractivity contribution in [3.63, 3.8) is 0 Å². The average Bonchev–Trinajstić information content (AvgIpc) is 2.32. The highest BCUT2D eigenvalue weighted by Crippen LogP contribution is 2.46. The molecule has 0 bridgehead atoms. The van der Waals surface area contributed by atoms with Crippen LogP contribution >= 0.6 is 0 Å². The zero-order chi connectivity index (χ0) is 14.1.